The number of rotatable bonds is 6. The van der Waals surface area contributed by atoms with E-state index >= 15 is 0 Å². The number of carbonyl (C=O) groups is 1. The van der Waals surface area contributed by atoms with E-state index in [0.29, 0.717) is 11.8 Å². The number of aromatic nitrogens is 1. The Hall–Kier alpha value is -0.940. The standard InChI is InChI=1S/C15H24N2O2S/c1-4-11(2)14-13(9-18)20-15(16-14)17(3)8-12-6-5-7-19-10-12/h9,11-12H,4-8,10H2,1-3H3. The summed E-state index contributed by atoms with van der Waals surface area (Å²) in [4.78, 5) is 18.8. The maximum Gasteiger partial charge on any atom is 0.185 e. The summed E-state index contributed by atoms with van der Waals surface area (Å²) in [5, 5.41) is 0.952. The van der Waals surface area contributed by atoms with Crippen LogP contribution in [0.3, 0.4) is 0 Å². The molecule has 4 nitrogen and oxygen atoms in total. The van der Waals surface area contributed by atoms with Crippen LogP contribution >= 0.6 is 11.3 Å². The molecule has 0 saturated carbocycles. The average Bonchev–Trinajstić information content (AvgIpc) is 2.92. The molecule has 1 aliphatic rings. The Balaban J connectivity index is 2.07. The highest BCUT2D eigenvalue weighted by Gasteiger charge is 2.21. The van der Waals surface area contributed by atoms with Crippen LogP contribution in [0.4, 0.5) is 5.13 Å². The minimum atomic E-state index is 0.339. The quantitative estimate of drug-likeness (QED) is 0.755. The van der Waals surface area contributed by atoms with Crippen molar-refractivity contribution in [2.75, 3.05) is 31.7 Å². The fourth-order valence-electron chi connectivity index (χ4n) is 2.54. The van der Waals surface area contributed by atoms with E-state index in [1.54, 1.807) is 0 Å². The monoisotopic (exact) mass is 296 g/mol. The highest BCUT2D eigenvalue weighted by atomic mass is 32.1. The molecule has 0 radical (unpaired) electrons. The molecule has 2 rings (SSSR count). The highest BCUT2D eigenvalue weighted by Crippen LogP contribution is 2.31. The normalized spacial score (nSPS) is 20.6. The fourth-order valence-corrected chi connectivity index (χ4v) is 3.51. The van der Waals surface area contributed by atoms with Crippen LogP contribution in [-0.2, 0) is 4.74 Å². The average molecular weight is 296 g/mol. The van der Waals surface area contributed by atoms with E-state index in [9.17, 15) is 4.79 Å². The van der Waals surface area contributed by atoms with Crippen molar-refractivity contribution in [3.63, 3.8) is 0 Å². The predicted molar refractivity (Wildman–Crippen MR) is 83.0 cm³/mol. The van der Waals surface area contributed by atoms with Gasteiger partial charge >= 0.3 is 0 Å². The predicted octanol–water partition coefficient (Wildman–Crippen LogP) is 3.33. The van der Waals surface area contributed by atoms with E-state index < -0.39 is 0 Å². The fraction of sp³-hybridized carbons (Fsp3) is 0.733. The van der Waals surface area contributed by atoms with E-state index in [-0.39, 0.29) is 0 Å². The minimum absolute atomic E-state index is 0.339. The zero-order chi connectivity index (χ0) is 14.5. The third-order valence-electron chi connectivity index (χ3n) is 3.97. The highest BCUT2D eigenvalue weighted by molar-refractivity contribution is 7.17. The molecule has 2 atom stereocenters. The molecular formula is C15H24N2O2S. The van der Waals surface area contributed by atoms with Gasteiger partial charge in [-0.1, -0.05) is 25.2 Å². The van der Waals surface area contributed by atoms with Gasteiger partial charge in [0.1, 0.15) is 0 Å². The lowest BCUT2D eigenvalue weighted by atomic mass is 10.0. The summed E-state index contributed by atoms with van der Waals surface area (Å²) in [5.74, 6) is 0.913. The first-order valence-electron chi connectivity index (χ1n) is 7.40. The number of nitrogens with zero attached hydrogens (tertiary/aromatic N) is 2. The van der Waals surface area contributed by atoms with Gasteiger partial charge in [-0.25, -0.2) is 4.98 Å². The van der Waals surface area contributed by atoms with Crippen LogP contribution < -0.4 is 4.90 Å². The van der Waals surface area contributed by atoms with E-state index in [2.05, 4.69) is 30.8 Å². The Morgan fingerprint density at radius 2 is 2.40 bits per heavy atom. The second-order valence-corrected chi connectivity index (χ2v) is 6.65. The van der Waals surface area contributed by atoms with Crippen molar-refractivity contribution in [1.29, 1.82) is 0 Å². The second-order valence-electron chi connectivity index (χ2n) is 5.64. The molecule has 1 aromatic rings. The van der Waals surface area contributed by atoms with Gasteiger partial charge in [0.2, 0.25) is 0 Å². The van der Waals surface area contributed by atoms with E-state index in [1.807, 2.05) is 0 Å². The summed E-state index contributed by atoms with van der Waals surface area (Å²) in [6.45, 7) is 6.94. The Bertz CT molecular complexity index is 441. The SMILES string of the molecule is CCC(C)c1nc(N(C)CC2CCCOC2)sc1C=O. The van der Waals surface area contributed by atoms with Crippen LogP contribution in [0.1, 0.15) is 54.4 Å². The zero-order valence-electron chi connectivity index (χ0n) is 12.6. The van der Waals surface area contributed by atoms with Crippen LogP contribution in [-0.4, -0.2) is 38.1 Å². The number of carbonyl (C=O) groups excluding carboxylic acids is 1. The van der Waals surface area contributed by atoms with Crippen molar-refractivity contribution < 1.29 is 9.53 Å². The van der Waals surface area contributed by atoms with Crippen LogP contribution in [0.15, 0.2) is 0 Å². The minimum Gasteiger partial charge on any atom is -0.381 e. The summed E-state index contributed by atoms with van der Waals surface area (Å²) in [6.07, 6.45) is 4.31. The van der Waals surface area contributed by atoms with Gasteiger partial charge in [0.25, 0.3) is 0 Å². The first kappa shape index (κ1) is 15.4. The number of hydrogen-bond acceptors (Lipinski definition) is 5. The summed E-state index contributed by atoms with van der Waals surface area (Å²) in [5.41, 5.74) is 0.953. The number of anilines is 1. The van der Waals surface area contributed by atoms with Crippen molar-refractivity contribution in [1.82, 2.24) is 4.98 Å². The lowest BCUT2D eigenvalue weighted by Crippen LogP contribution is -2.30. The van der Waals surface area contributed by atoms with E-state index in [1.165, 1.54) is 17.8 Å². The van der Waals surface area contributed by atoms with Gasteiger partial charge in [0, 0.05) is 20.2 Å². The summed E-state index contributed by atoms with van der Waals surface area (Å²) < 4.78 is 5.52. The number of thiazole rings is 1. The molecule has 2 heterocycles. The molecule has 0 bridgehead atoms. The molecule has 1 aromatic heterocycles. The number of aldehydes is 1. The van der Waals surface area contributed by atoms with Crippen LogP contribution in [0, 0.1) is 5.92 Å². The topological polar surface area (TPSA) is 42.4 Å². The molecule has 2 unspecified atom stereocenters. The van der Waals surface area contributed by atoms with Crippen LogP contribution in [0.2, 0.25) is 0 Å². The molecule has 5 heteroatoms. The van der Waals surface area contributed by atoms with E-state index in [0.717, 1.165) is 54.6 Å². The van der Waals surface area contributed by atoms with Gasteiger partial charge in [-0.05, 0) is 31.1 Å². The van der Waals surface area contributed by atoms with Gasteiger partial charge in [0.15, 0.2) is 11.4 Å². The molecular weight excluding hydrogens is 272 g/mol. The lowest BCUT2D eigenvalue weighted by Gasteiger charge is -2.26. The molecule has 0 spiro atoms. The Morgan fingerprint density at radius 1 is 1.60 bits per heavy atom. The molecule has 1 aliphatic heterocycles. The molecule has 0 amide bonds. The summed E-state index contributed by atoms with van der Waals surface area (Å²) >= 11 is 1.51. The first-order chi connectivity index (χ1) is 9.65. The maximum atomic E-state index is 11.2. The third-order valence-corrected chi connectivity index (χ3v) is 5.08. The number of ether oxygens (including phenoxy) is 1. The van der Waals surface area contributed by atoms with Crippen molar-refractivity contribution in [2.24, 2.45) is 5.92 Å². The Kier molecular flexibility index (Phi) is 5.54. The maximum absolute atomic E-state index is 11.2. The van der Waals surface area contributed by atoms with Crippen LogP contribution in [0.5, 0.6) is 0 Å². The molecule has 0 aliphatic carbocycles. The smallest absolute Gasteiger partial charge is 0.185 e. The molecule has 20 heavy (non-hydrogen) atoms. The van der Waals surface area contributed by atoms with Gasteiger partial charge in [-0.2, -0.15) is 0 Å². The number of hydrogen-bond donors (Lipinski definition) is 0. The summed E-state index contributed by atoms with van der Waals surface area (Å²) in [7, 11) is 2.06. The molecule has 112 valence electrons. The van der Waals surface area contributed by atoms with Crippen molar-refractivity contribution >= 4 is 22.8 Å². The first-order valence-corrected chi connectivity index (χ1v) is 8.22. The van der Waals surface area contributed by atoms with Gasteiger partial charge in [0.05, 0.1) is 17.2 Å². The third kappa shape index (κ3) is 3.58. The lowest BCUT2D eigenvalue weighted by molar-refractivity contribution is 0.0576. The Morgan fingerprint density at radius 3 is 3.00 bits per heavy atom. The van der Waals surface area contributed by atoms with Gasteiger partial charge in [-0.3, -0.25) is 4.79 Å². The van der Waals surface area contributed by atoms with Crippen molar-refractivity contribution in [3.05, 3.63) is 10.6 Å². The molecule has 1 fully saturated rings. The zero-order valence-corrected chi connectivity index (χ0v) is 13.4. The molecule has 0 N–H and O–H groups in total. The van der Waals surface area contributed by atoms with Gasteiger partial charge in [-0.15, -0.1) is 0 Å². The van der Waals surface area contributed by atoms with E-state index in [4.69, 9.17) is 4.74 Å². The summed E-state index contributed by atoms with van der Waals surface area (Å²) in [6, 6.07) is 0. The Labute approximate surface area is 125 Å². The van der Waals surface area contributed by atoms with Gasteiger partial charge < -0.3 is 9.64 Å². The van der Waals surface area contributed by atoms with Crippen molar-refractivity contribution in [3.8, 4) is 0 Å². The van der Waals surface area contributed by atoms with Crippen molar-refractivity contribution in [2.45, 2.75) is 39.0 Å². The molecule has 0 aromatic carbocycles. The molecule has 1 saturated heterocycles. The largest absolute Gasteiger partial charge is 0.381 e. The second kappa shape index (κ2) is 7.18. The van der Waals surface area contributed by atoms with Crippen LogP contribution in [0.25, 0.3) is 0 Å².